The summed E-state index contributed by atoms with van der Waals surface area (Å²) in [7, 11) is 0. The van der Waals surface area contributed by atoms with Crippen LogP contribution in [-0.2, 0) is 9.47 Å². The van der Waals surface area contributed by atoms with E-state index in [4.69, 9.17) is 9.47 Å². The van der Waals surface area contributed by atoms with Crippen LogP contribution in [0.5, 0.6) is 0 Å². The zero-order valence-electron chi connectivity index (χ0n) is 8.71. The molecule has 3 aliphatic heterocycles. The van der Waals surface area contributed by atoms with Crippen LogP contribution < -0.4 is 0 Å². The first-order valence-electron chi connectivity index (χ1n) is 5.93. The minimum Gasteiger partial charge on any atom is -0.346 e. The third-order valence-corrected chi connectivity index (χ3v) is 3.87. The number of hydrogen-bond donors (Lipinski definition) is 0. The molecule has 0 aromatic carbocycles. The van der Waals surface area contributed by atoms with Crippen molar-refractivity contribution in [3.8, 4) is 0 Å². The third kappa shape index (κ3) is 1.30. The molecule has 0 N–H and O–H groups in total. The van der Waals surface area contributed by atoms with E-state index < -0.39 is 0 Å². The summed E-state index contributed by atoms with van der Waals surface area (Å²) in [6, 6.07) is 0.549. The highest BCUT2D eigenvalue weighted by Crippen LogP contribution is 2.39. The monoisotopic (exact) mass is 197 g/mol. The molecule has 0 radical (unpaired) electrons. The van der Waals surface area contributed by atoms with Gasteiger partial charge in [-0.05, 0) is 32.4 Å². The number of fused-ring (bicyclic) bond motifs is 2. The van der Waals surface area contributed by atoms with Gasteiger partial charge in [0, 0.05) is 6.42 Å². The first-order valence-corrected chi connectivity index (χ1v) is 5.93. The number of nitrogens with zero attached hydrogens (tertiary/aromatic N) is 1. The van der Waals surface area contributed by atoms with Crippen molar-refractivity contribution >= 4 is 0 Å². The molecule has 3 heterocycles. The maximum atomic E-state index is 5.89. The summed E-state index contributed by atoms with van der Waals surface area (Å²) in [5.74, 6) is -0.210. The van der Waals surface area contributed by atoms with Crippen LogP contribution >= 0.6 is 0 Å². The molecule has 0 saturated carbocycles. The predicted molar refractivity (Wildman–Crippen MR) is 53.1 cm³/mol. The minimum absolute atomic E-state index is 0.210. The average Bonchev–Trinajstić information content (AvgIpc) is 2.68. The normalized spacial score (nSPS) is 37.3. The Kier molecular flexibility index (Phi) is 2.26. The summed E-state index contributed by atoms with van der Waals surface area (Å²) in [5, 5.41) is 0. The highest BCUT2D eigenvalue weighted by molar-refractivity contribution is 4.95. The quantitative estimate of drug-likeness (QED) is 0.585. The molecule has 14 heavy (non-hydrogen) atoms. The third-order valence-electron chi connectivity index (χ3n) is 3.87. The number of ether oxygens (including phenoxy) is 2. The van der Waals surface area contributed by atoms with E-state index in [0.717, 1.165) is 19.6 Å². The van der Waals surface area contributed by atoms with Gasteiger partial charge in [-0.25, -0.2) is 0 Å². The van der Waals surface area contributed by atoms with E-state index in [1.165, 1.54) is 38.8 Å². The highest BCUT2D eigenvalue weighted by Gasteiger charge is 2.49. The largest absolute Gasteiger partial charge is 0.346 e. The second-order valence-corrected chi connectivity index (χ2v) is 4.66. The summed E-state index contributed by atoms with van der Waals surface area (Å²) in [4.78, 5) is 2.58. The van der Waals surface area contributed by atoms with Crippen LogP contribution in [0.15, 0.2) is 0 Å². The molecule has 3 nitrogen and oxygen atoms in total. The molecule has 1 unspecified atom stereocenters. The molecule has 0 aromatic heterocycles. The van der Waals surface area contributed by atoms with Crippen molar-refractivity contribution in [2.45, 2.75) is 43.9 Å². The summed E-state index contributed by atoms with van der Waals surface area (Å²) in [5.41, 5.74) is 0. The van der Waals surface area contributed by atoms with E-state index in [9.17, 15) is 0 Å². The van der Waals surface area contributed by atoms with Gasteiger partial charge in [0.2, 0.25) is 0 Å². The standard InChI is InChI=1S/C11H19NO2/c1-2-6-12-7-3-5-11(10(12)4-1)13-8-9-14-11/h10H,1-9H2. The van der Waals surface area contributed by atoms with Crippen LogP contribution in [0.3, 0.4) is 0 Å². The second-order valence-electron chi connectivity index (χ2n) is 4.66. The van der Waals surface area contributed by atoms with Crippen LogP contribution in [0.1, 0.15) is 32.1 Å². The summed E-state index contributed by atoms with van der Waals surface area (Å²) in [6.07, 6.45) is 6.30. The Balaban J connectivity index is 1.82. The number of piperidine rings is 2. The van der Waals surface area contributed by atoms with Gasteiger partial charge in [-0.3, -0.25) is 4.90 Å². The van der Waals surface area contributed by atoms with Crippen LogP contribution in [-0.4, -0.2) is 43.0 Å². The fourth-order valence-electron chi connectivity index (χ4n) is 3.26. The van der Waals surface area contributed by atoms with E-state index >= 15 is 0 Å². The zero-order chi connectivity index (χ0) is 9.43. The van der Waals surface area contributed by atoms with Crippen molar-refractivity contribution < 1.29 is 9.47 Å². The van der Waals surface area contributed by atoms with Crippen molar-refractivity contribution in [2.24, 2.45) is 0 Å². The molecular formula is C11H19NO2. The van der Waals surface area contributed by atoms with Crippen molar-refractivity contribution in [1.29, 1.82) is 0 Å². The zero-order valence-corrected chi connectivity index (χ0v) is 8.71. The van der Waals surface area contributed by atoms with E-state index in [1.807, 2.05) is 0 Å². The topological polar surface area (TPSA) is 21.7 Å². The van der Waals surface area contributed by atoms with Crippen molar-refractivity contribution in [1.82, 2.24) is 4.90 Å². The molecule has 1 atom stereocenters. The predicted octanol–water partition coefficient (Wildman–Crippen LogP) is 1.38. The molecule has 0 aromatic rings. The summed E-state index contributed by atoms with van der Waals surface area (Å²) >= 11 is 0. The van der Waals surface area contributed by atoms with Gasteiger partial charge in [-0.15, -0.1) is 0 Å². The Bertz CT molecular complexity index is 211. The highest BCUT2D eigenvalue weighted by atomic mass is 16.7. The SMILES string of the molecule is C1CCN2CCCC3(OCCO3)C2C1. The molecule has 3 heteroatoms. The van der Waals surface area contributed by atoms with Gasteiger partial charge < -0.3 is 9.47 Å². The first-order chi connectivity index (χ1) is 6.91. The maximum Gasteiger partial charge on any atom is 0.184 e. The van der Waals surface area contributed by atoms with Gasteiger partial charge in [-0.2, -0.15) is 0 Å². The average molecular weight is 197 g/mol. The Morgan fingerprint density at radius 1 is 1.00 bits per heavy atom. The molecule has 3 rings (SSSR count). The van der Waals surface area contributed by atoms with Crippen molar-refractivity contribution in [2.75, 3.05) is 26.3 Å². The molecule has 3 fully saturated rings. The Hall–Kier alpha value is -0.120. The first kappa shape index (κ1) is 9.13. The maximum absolute atomic E-state index is 5.89. The van der Waals surface area contributed by atoms with Crippen LogP contribution in [0, 0.1) is 0 Å². The lowest BCUT2D eigenvalue weighted by Gasteiger charge is -2.48. The number of rotatable bonds is 0. The second kappa shape index (κ2) is 3.47. The molecule has 1 spiro atoms. The van der Waals surface area contributed by atoms with Gasteiger partial charge in [0.25, 0.3) is 0 Å². The summed E-state index contributed by atoms with van der Waals surface area (Å²) < 4.78 is 11.8. The molecule has 0 bridgehead atoms. The molecular weight excluding hydrogens is 178 g/mol. The van der Waals surface area contributed by atoms with Gasteiger partial charge in [0.15, 0.2) is 5.79 Å². The van der Waals surface area contributed by atoms with Gasteiger partial charge >= 0.3 is 0 Å². The van der Waals surface area contributed by atoms with E-state index in [-0.39, 0.29) is 5.79 Å². The summed E-state index contributed by atoms with van der Waals surface area (Å²) in [6.45, 7) is 4.09. The van der Waals surface area contributed by atoms with Gasteiger partial charge in [0.1, 0.15) is 0 Å². The fourth-order valence-corrected chi connectivity index (χ4v) is 3.26. The Morgan fingerprint density at radius 3 is 2.64 bits per heavy atom. The number of hydrogen-bond acceptors (Lipinski definition) is 3. The lowest BCUT2D eigenvalue weighted by Crippen LogP contribution is -2.59. The van der Waals surface area contributed by atoms with E-state index in [1.54, 1.807) is 0 Å². The van der Waals surface area contributed by atoms with Crippen LogP contribution in [0.2, 0.25) is 0 Å². The minimum atomic E-state index is -0.210. The Labute approximate surface area is 85.4 Å². The van der Waals surface area contributed by atoms with E-state index in [0.29, 0.717) is 6.04 Å². The van der Waals surface area contributed by atoms with E-state index in [2.05, 4.69) is 4.90 Å². The van der Waals surface area contributed by atoms with Gasteiger partial charge in [0.05, 0.1) is 19.3 Å². The van der Waals surface area contributed by atoms with Crippen molar-refractivity contribution in [3.05, 3.63) is 0 Å². The molecule has 80 valence electrons. The van der Waals surface area contributed by atoms with Gasteiger partial charge in [-0.1, -0.05) is 6.42 Å². The fraction of sp³-hybridized carbons (Fsp3) is 1.00. The smallest absolute Gasteiger partial charge is 0.184 e. The van der Waals surface area contributed by atoms with Crippen LogP contribution in [0.4, 0.5) is 0 Å². The van der Waals surface area contributed by atoms with Crippen LogP contribution in [0.25, 0.3) is 0 Å². The lowest BCUT2D eigenvalue weighted by atomic mass is 9.87. The van der Waals surface area contributed by atoms with Crippen molar-refractivity contribution in [3.63, 3.8) is 0 Å². The lowest BCUT2D eigenvalue weighted by molar-refractivity contribution is -0.228. The molecule has 3 saturated heterocycles. The Morgan fingerprint density at radius 2 is 1.79 bits per heavy atom. The molecule has 0 aliphatic carbocycles. The molecule has 3 aliphatic rings. The molecule has 0 amide bonds.